The third-order valence-electron chi connectivity index (χ3n) is 5.43. The van der Waals surface area contributed by atoms with E-state index in [0.29, 0.717) is 41.5 Å². The molecule has 1 aliphatic heterocycles. The zero-order valence-corrected chi connectivity index (χ0v) is 19.1. The molecule has 2 aromatic carbocycles. The van der Waals surface area contributed by atoms with Crippen LogP contribution in [0.3, 0.4) is 0 Å². The van der Waals surface area contributed by atoms with E-state index in [4.69, 9.17) is 9.47 Å². The maximum absolute atomic E-state index is 13.3. The number of hydrogen-bond acceptors (Lipinski definition) is 6. The fourth-order valence-corrected chi connectivity index (χ4v) is 3.95. The Kier molecular flexibility index (Phi) is 6.92. The molecule has 7 heteroatoms. The summed E-state index contributed by atoms with van der Waals surface area (Å²) in [5.41, 5.74) is 1.47. The maximum Gasteiger partial charge on any atom is 0.300 e. The molecule has 1 saturated heterocycles. The van der Waals surface area contributed by atoms with Gasteiger partial charge in [0, 0.05) is 29.7 Å². The van der Waals surface area contributed by atoms with Crippen LogP contribution in [-0.4, -0.2) is 35.0 Å². The van der Waals surface area contributed by atoms with Crippen LogP contribution in [0.25, 0.3) is 5.76 Å². The van der Waals surface area contributed by atoms with Crippen molar-refractivity contribution in [2.75, 3.05) is 18.1 Å². The van der Waals surface area contributed by atoms with Crippen LogP contribution in [0.4, 0.5) is 5.69 Å². The highest BCUT2D eigenvalue weighted by Crippen LogP contribution is 2.42. The van der Waals surface area contributed by atoms with Gasteiger partial charge in [0.05, 0.1) is 24.8 Å². The van der Waals surface area contributed by atoms with Gasteiger partial charge in [0.15, 0.2) is 0 Å². The number of nitrogens with zero attached hydrogens (tertiary/aromatic N) is 2. The van der Waals surface area contributed by atoms with Crippen molar-refractivity contribution in [2.24, 2.45) is 0 Å². The SMILES string of the molecule is CCCOc1cccc(/C(O)=C2\C(=O)C(=O)N(c3cccc(OCC)c3)C2c2cccnc2)c1. The Morgan fingerprint density at radius 1 is 1.00 bits per heavy atom. The Bertz CT molecular complexity index is 1220. The summed E-state index contributed by atoms with van der Waals surface area (Å²) in [6.07, 6.45) is 4.03. The topological polar surface area (TPSA) is 89.0 Å². The lowest BCUT2D eigenvalue weighted by atomic mass is 9.96. The van der Waals surface area contributed by atoms with Crippen LogP contribution in [0.5, 0.6) is 11.5 Å². The van der Waals surface area contributed by atoms with Crippen LogP contribution in [0.2, 0.25) is 0 Å². The molecule has 2 heterocycles. The van der Waals surface area contributed by atoms with Crippen molar-refractivity contribution >= 4 is 23.1 Å². The zero-order chi connectivity index (χ0) is 24.1. The summed E-state index contributed by atoms with van der Waals surface area (Å²) < 4.78 is 11.3. The van der Waals surface area contributed by atoms with Crippen LogP contribution in [0.15, 0.2) is 78.6 Å². The van der Waals surface area contributed by atoms with Crippen LogP contribution < -0.4 is 14.4 Å². The molecule has 34 heavy (non-hydrogen) atoms. The molecule has 0 bridgehead atoms. The molecule has 0 spiro atoms. The lowest BCUT2D eigenvalue weighted by molar-refractivity contribution is -0.132. The van der Waals surface area contributed by atoms with Gasteiger partial charge < -0.3 is 14.6 Å². The average Bonchev–Trinajstić information content (AvgIpc) is 3.13. The summed E-state index contributed by atoms with van der Waals surface area (Å²) in [6.45, 7) is 4.86. The van der Waals surface area contributed by atoms with Crippen molar-refractivity contribution in [1.82, 2.24) is 4.98 Å². The van der Waals surface area contributed by atoms with E-state index in [2.05, 4.69) is 4.98 Å². The standard InChI is InChI=1S/C27H26N2O5/c1-3-14-34-21-11-5-8-18(15-21)25(30)23-24(19-9-7-13-28-17-19)29(27(32)26(23)31)20-10-6-12-22(16-20)33-4-2/h5-13,15-17,24,30H,3-4,14H2,1-2H3/b25-23+. The molecular weight excluding hydrogens is 432 g/mol. The van der Waals surface area contributed by atoms with Gasteiger partial charge in [0.2, 0.25) is 0 Å². The fraction of sp³-hybridized carbons (Fsp3) is 0.222. The molecule has 0 saturated carbocycles. The molecule has 1 atom stereocenters. The number of benzene rings is 2. The Morgan fingerprint density at radius 3 is 2.47 bits per heavy atom. The number of ketones is 1. The van der Waals surface area contributed by atoms with Gasteiger partial charge in [0.25, 0.3) is 11.7 Å². The Morgan fingerprint density at radius 2 is 1.76 bits per heavy atom. The number of aliphatic hydroxyl groups is 1. The number of aromatic nitrogens is 1. The molecule has 174 valence electrons. The highest BCUT2D eigenvalue weighted by atomic mass is 16.5. The smallest absolute Gasteiger partial charge is 0.300 e. The van der Waals surface area contributed by atoms with Crippen LogP contribution in [0.1, 0.15) is 37.4 Å². The second kappa shape index (κ2) is 10.2. The van der Waals surface area contributed by atoms with Gasteiger partial charge in [-0.15, -0.1) is 0 Å². The molecule has 1 fully saturated rings. The molecule has 1 unspecified atom stereocenters. The second-order valence-electron chi connectivity index (χ2n) is 7.76. The molecular formula is C27H26N2O5. The first kappa shape index (κ1) is 23.0. The zero-order valence-electron chi connectivity index (χ0n) is 19.1. The third kappa shape index (κ3) is 4.50. The van der Waals surface area contributed by atoms with E-state index < -0.39 is 17.7 Å². The number of anilines is 1. The van der Waals surface area contributed by atoms with Crippen LogP contribution in [0, 0.1) is 0 Å². The van der Waals surface area contributed by atoms with Crippen molar-refractivity contribution < 1.29 is 24.2 Å². The number of pyridine rings is 1. The van der Waals surface area contributed by atoms with Crippen LogP contribution >= 0.6 is 0 Å². The van der Waals surface area contributed by atoms with E-state index in [1.165, 1.54) is 4.90 Å². The van der Waals surface area contributed by atoms with Gasteiger partial charge in [-0.25, -0.2) is 0 Å². The van der Waals surface area contributed by atoms with Gasteiger partial charge in [-0.1, -0.05) is 31.2 Å². The molecule has 1 aliphatic rings. The number of Topliss-reactive ketones (excluding diaryl/α,β-unsaturated/α-hetero) is 1. The molecule has 1 aromatic heterocycles. The van der Waals surface area contributed by atoms with Gasteiger partial charge in [-0.2, -0.15) is 0 Å². The Balaban J connectivity index is 1.86. The van der Waals surface area contributed by atoms with Crippen LogP contribution in [-0.2, 0) is 9.59 Å². The van der Waals surface area contributed by atoms with Crippen molar-refractivity contribution in [3.05, 3.63) is 89.8 Å². The van der Waals surface area contributed by atoms with Gasteiger partial charge in [0.1, 0.15) is 17.3 Å². The fourth-order valence-electron chi connectivity index (χ4n) is 3.95. The van der Waals surface area contributed by atoms with E-state index in [1.54, 1.807) is 73.1 Å². The predicted molar refractivity (Wildman–Crippen MR) is 129 cm³/mol. The average molecular weight is 459 g/mol. The molecule has 4 rings (SSSR count). The second-order valence-corrected chi connectivity index (χ2v) is 7.76. The molecule has 3 aromatic rings. The predicted octanol–water partition coefficient (Wildman–Crippen LogP) is 4.90. The van der Waals surface area contributed by atoms with Gasteiger partial charge in [-0.3, -0.25) is 19.5 Å². The number of aliphatic hydroxyl groups excluding tert-OH is 1. The Labute approximate surface area is 198 Å². The largest absolute Gasteiger partial charge is 0.507 e. The lowest BCUT2D eigenvalue weighted by Gasteiger charge is -2.25. The van der Waals surface area contributed by atoms with E-state index in [9.17, 15) is 14.7 Å². The molecule has 0 radical (unpaired) electrons. The summed E-state index contributed by atoms with van der Waals surface area (Å²) >= 11 is 0. The maximum atomic E-state index is 13.3. The highest BCUT2D eigenvalue weighted by molar-refractivity contribution is 6.51. The van der Waals surface area contributed by atoms with E-state index >= 15 is 0 Å². The summed E-state index contributed by atoms with van der Waals surface area (Å²) in [5.74, 6) is -0.622. The number of ether oxygens (including phenoxy) is 2. The summed E-state index contributed by atoms with van der Waals surface area (Å²) in [7, 11) is 0. The molecule has 1 amide bonds. The monoisotopic (exact) mass is 458 g/mol. The van der Waals surface area contributed by atoms with Crippen molar-refractivity contribution in [3.63, 3.8) is 0 Å². The number of amides is 1. The van der Waals surface area contributed by atoms with Gasteiger partial charge in [-0.05, 0) is 49.2 Å². The first-order valence-electron chi connectivity index (χ1n) is 11.2. The number of carbonyl (C=O) groups is 2. The van der Waals surface area contributed by atoms with Crippen molar-refractivity contribution in [3.8, 4) is 11.5 Å². The summed E-state index contributed by atoms with van der Waals surface area (Å²) in [5, 5.41) is 11.3. The molecule has 7 nitrogen and oxygen atoms in total. The summed E-state index contributed by atoms with van der Waals surface area (Å²) in [4.78, 5) is 32.1. The van der Waals surface area contributed by atoms with Crippen molar-refractivity contribution in [2.45, 2.75) is 26.3 Å². The number of carbonyl (C=O) groups excluding carboxylic acids is 2. The van der Waals surface area contributed by atoms with E-state index in [-0.39, 0.29) is 11.3 Å². The Hall–Kier alpha value is -4.13. The first-order chi connectivity index (χ1) is 16.5. The number of hydrogen-bond donors (Lipinski definition) is 1. The minimum absolute atomic E-state index is 0.00699. The third-order valence-corrected chi connectivity index (χ3v) is 5.43. The quantitative estimate of drug-likeness (QED) is 0.294. The lowest BCUT2D eigenvalue weighted by Crippen LogP contribution is -2.29. The normalized spacial score (nSPS) is 17.1. The van der Waals surface area contributed by atoms with E-state index in [0.717, 1.165) is 6.42 Å². The minimum atomic E-state index is -0.856. The summed E-state index contributed by atoms with van der Waals surface area (Å²) in [6, 6.07) is 16.5. The van der Waals surface area contributed by atoms with Gasteiger partial charge >= 0.3 is 0 Å². The highest BCUT2D eigenvalue weighted by Gasteiger charge is 2.47. The van der Waals surface area contributed by atoms with Crippen molar-refractivity contribution in [1.29, 1.82) is 0 Å². The first-order valence-corrected chi connectivity index (χ1v) is 11.2. The minimum Gasteiger partial charge on any atom is -0.507 e. The number of rotatable bonds is 8. The van der Waals surface area contributed by atoms with E-state index in [1.807, 2.05) is 13.8 Å². The molecule has 1 N–H and O–H groups in total. The molecule has 0 aliphatic carbocycles.